The number of hydrogen-bond donors (Lipinski definition) is 2. The maximum absolute atomic E-state index is 12.2. The molecule has 0 amide bonds. The van der Waals surface area contributed by atoms with E-state index in [1.807, 2.05) is 0 Å². The number of cyclic esters (lactones) is 4. The van der Waals surface area contributed by atoms with Gasteiger partial charge in [-0.3, -0.25) is 28.8 Å². The maximum atomic E-state index is 12.2. The molecule has 2 N–H and O–H groups in total. The normalized spacial score (nSPS) is 20.0. The van der Waals surface area contributed by atoms with Crippen molar-refractivity contribution in [1.82, 2.24) is 0 Å². The first-order chi connectivity index (χ1) is 38.3. The van der Waals surface area contributed by atoms with Gasteiger partial charge in [-0.2, -0.15) is 0 Å². The summed E-state index contributed by atoms with van der Waals surface area (Å²) in [5.41, 5.74) is -2.90. The van der Waals surface area contributed by atoms with E-state index in [-0.39, 0.29) is 50.6 Å². The monoisotopic (exact) mass is 1220 g/mol. The van der Waals surface area contributed by atoms with E-state index in [9.17, 15) is 64.9 Å². The van der Waals surface area contributed by atoms with Crippen LogP contribution in [-0.4, -0.2) is 173 Å². The predicted molar refractivity (Wildman–Crippen MR) is 304 cm³/mol. The summed E-state index contributed by atoms with van der Waals surface area (Å²) in [6.07, 6.45) is 40.5. The Bertz CT molecular complexity index is 1800. The van der Waals surface area contributed by atoms with Crippen LogP contribution in [0.1, 0.15) is 258 Å². The van der Waals surface area contributed by atoms with Crippen LogP contribution in [0.2, 0.25) is 0 Å². The van der Waals surface area contributed by atoms with Gasteiger partial charge in [0.05, 0.1) is 36.9 Å². The summed E-state index contributed by atoms with van der Waals surface area (Å²) in [6.45, 7) is 0.318. The van der Waals surface area contributed by atoms with Crippen LogP contribution in [-0.2, 0) is 77.4 Å². The summed E-state index contributed by atoms with van der Waals surface area (Å²) in [4.78, 5) is 72.3. The number of esters is 6. The summed E-state index contributed by atoms with van der Waals surface area (Å²) >= 11 is 0. The van der Waals surface area contributed by atoms with Gasteiger partial charge < -0.3 is 47.7 Å². The molecule has 0 radical (unpaired) electrons. The average Bonchev–Trinajstić information content (AvgIpc) is 3.53. The zero-order valence-corrected chi connectivity index (χ0v) is 53.3. The SMILES string of the molecule is CCCCCCCCCCCCCCCCCCCC(=O)OCC1(CO)COC(=O)CC(S(=O)(=O)[O-])C(=O)OC1.CCCCCCCCCCCCCCCCCCCC(=O)OCC1(CO)COC(=O)CC(S(=O)(=O)[O-])C(=O)OC1.[Ca+2]. The Morgan fingerprint density at radius 1 is 0.432 bits per heavy atom. The summed E-state index contributed by atoms with van der Waals surface area (Å²) < 4.78 is 97.8. The third-order valence-corrected chi connectivity index (χ3v) is 16.9. The molecule has 2 aliphatic rings. The number of carbonyl (C=O) groups is 6. The third-order valence-electron chi connectivity index (χ3n) is 14.8. The molecule has 0 spiro atoms. The first-order valence-corrected chi connectivity index (χ1v) is 33.3. The van der Waals surface area contributed by atoms with Crippen LogP contribution >= 0.6 is 0 Å². The molecule has 4 atom stereocenters. The Morgan fingerprint density at radius 3 is 0.877 bits per heavy atom. The Hall–Kier alpha value is -2.18. The molecule has 468 valence electrons. The largest absolute Gasteiger partial charge is 2.00 e. The number of carbonyl (C=O) groups excluding carboxylic acids is 6. The fraction of sp³-hybridized carbons (Fsp3) is 0.897. The molecule has 4 unspecified atom stereocenters. The van der Waals surface area contributed by atoms with E-state index < -0.39 is 143 Å². The smallest absolute Gasteiger partial charge is 0.747 e. The molecule has 2 fully saturated rings. The van der Waals surface area contributed by atoms with E-state index in [0.717, 1.165) is 38.5 Å². The minimum atomic E-state index is -5.14. The van der Waals surface area contributed by atoms with Gasteiger partial charge in [-0.05, 0) is 12.8 Å². The van der Waals surface area contributed by atoms with Crippen molar-refractivity contribution in [3.8, 4) is 0 Å². The minimum absolute atomic E-state index is 0. The van der Waals surface area contributed by atoms with Crippen molar-refractivity contribution in [3.63, 3.8) is 0 Å². The van der Waals surface area contributed by atoms with E-state index in [2.05, 4.69) is 13.8 Å². The van der Waals surface area contributed by atoms with Gasteiger partial charge in [-0.15, -0.1) is 0 Å². The molecule has 0 bridgehead atoms. The zero-order valence-electron chi connectivity index (χ0n) is 49.4. The van der Waals surface area contributed by atoms with Gasteiger partial charge in [0.25, 0.3) is 0 Å². The van der Waals surface area contributed by atoms with E-state index in [4.69, 9.17) is 28.4 Å². The molecule has 0 aromatic rings. The molecule has 0 aromatic carbocycles. The number of aliphatic hydroxyl groups excluding tert-OH is 2. The van der Waals surface area contributed by atoms with Crippen molar-refractivity contribution < 1.29 is 93.3 Å². The molecule has 81 heavy (non-hydrogen) atoms. The summed E-state index contributed by atoms with van der Waals surface area (Å²) in [6, 6.07) is 0. The number of rotatable bonds is 44. The quantitative estimate of drug-likeness (QED) is 0.0188. The number of unbranched alkanes of at least 4 members (excludes halogenated alkanes) is 32. The zero-order chi connectivity index (χ0) is 59.4. The molecular formula is C58H102CaO20S2. The molecule has 23 heteroatoms. The first kappa shape index (κ1) is 78.8. The van der Waals surface area contributed by atoms with E-state index >= 15 is 0 Å². The van der Waals surface area contributed by atoms with Gasteiger partial charge in [0.1, 0.15) is 59.9 Å². The molecule has 2 rings (SSSR count). The van der Waals surface area contributed by atoms with Crippen molar-refractivity contribution in [2.24, 2.45) is 10.8 Å². The molecule has 2 aliphatic heterocycles. The van der Waals surface area contributed by atoms with Gasteiger partial charge >= 0.3 is 73.6 Å². The molecule has 2 heterocycles. The molecule has 2 saturated heterocycles. The first-order valence-electron chi connectivity index (χ1n) is 30.3. The molecule has 20 nitrogen and oxygen atoms in total. The van der Waals surface area contributed by atoms with E-state index in [1.54, 1.807) is 0 Å². The van der Waals surface area contributed by atoms with Gasteiger partial charge in [0.15, 0.2) is 10.5 Å². The third kappa shape index (κ3) is 40.0. The number of hydrogen-bond acceptors (Lipinski definition) is 20. The summed E-state index contributed by atoms with van der Waals surface area (Å²) in [5.74, 6) is -5.99. The molecule has 0 aliphatic carbocycles. The fourth-order valence-corrected chi connectivity index (χ4v) is 10.5. The van der Waals surface area contributed by atoms with Crippen molar-refractivity contribution in [2.45, 2.75) is 268 Å². The predicted octanol–water partition coefficient (Wildman–Crippen LogP) is 9.53. The summed E-state index contributed by atoms with van der Waals surface area (Å²) in [5, 5.41) is 15.2. The second-order valence-electron chi connectivity index (χ2n) is 22.4. The minimum Gasteiger partial charge on any atom is -0.747 e. The Morgan fingerprint density at radius 2 is 0.654 bits per heavy atom. The molecule has 0 aromatic heterocycles. The average molecular weight is 1220 g/mol. The Labute approximate surface area is 515 Å². The summed E-state index contributed by atoms with van der Waals surface area (Å²) in [7, 11) is -10.3. The Kier molecular flexibility index (Phi) is 46.7. The van der Waals surface area contributed by atoms with Gasteiger partial charge in [0.2, 0.25) is 0 Å². The van der Waals surface area contributed by atoms with Crippen molar-refractivity contribution >= 4 is 93.8 Å². The van der Waals surface area contributed by atoms with Crippen LogP contribution in [0.3, 0.4) is 0 Å². The number of ether oxygens (including phenoxy) is 6. The van der Waals surface area contributed by atoms with Crippen LogP contribution in [0.15, 0.2) is 0 Å². The second-order valence-corrected chi connectivity index (χ2v) is 25.5. The Balaban J connectivity index is 0.00000156. The molecule has 0 saturated carbocycles. The topological polar surface area (TPSA) is 313 Å². The fourth-order valence-electron chi connectivity index (χ4n) is 9.25. The van der Waals surface area contributed by atoms with Crippen LogP contribution in [0.5, 0.6) is 0 Å². The standard InChI is InChI=1S/2C29H52O10S.Ca/c2*1-2-3-4-5-6-7-8-9-10-11-12-13-14-15-16-17-18-19-26(31)37-22-29(21-30)23-38-27(32)20-25(40(34,35)36)28(33)39-24-29;/h2*25,30H,2-24H2,1H3,(H,34,35,36);/q;;+2/p-2. The number of aliphatic hydroxyl groups is 2. The van der Waals surface area contributed by atoms with Crippen LogP contribution < -0.4 is 0 Å². The maximum Gasteiger partial charge on any atom is 2.00 e. The van der Waals surface area contributed by atoms with E-state index in [1.165, 1.54) is 167 Å². The van der Waals surface area contributed by atoms with Crippen molar-refractivity contribution in [1.29, 1.82) is 0 Å². The van der Waals surface area contributed by atoms with Crippen LogP contribution in [0.25, 0.3) is 0 Å². The van der Waals surface area contributed by atoms with Crippen LogP contribution in [0.4, 0.5) is 0 Å². The van der Waals surface area contributed by atoms with Crippen molar-refractivity contribution in [2.75, 3.05) is 52.9 Å². The van der Waals surface area contributed by atoms with Crippen molar-refractivity contribution in [3.05, 3.63) is 0 Å². The van der Waals surface area contributed by atoms with Gasteiger partial charge in [0, 0.05) is 12.8 Å². The van der Waals surface area contributed by atoms with E-state index in [0.29, 0.717) is 12.8 Å². The van der Waals surface area contributed by atoms with Crippen LogP contribution in [0, 0.1) is 10.8 Å². The molecular weight excluding hydrogens is 1120 g/mol. The second kappa shape index (κ2) is 48.0. The van der Waals surface area contributed by atoms with Gasteiger partial charge in [-0.1, -0.05) is 219 Å². The van der Waals surface area contributed by atoms with Gasteiger partial charge in [-0.25, -0.2) is 16.8 Å².